The summed E-state index contributed by atoms with van der Waals surface area (Å²) in [4.78, 5) is 0. The number of anilines is 1. The van der Waals surface area contributed by atoms with Crippen molar-refractivity contribution in [3.63, 3.8) is 0 Å². The number of aromatic nitrogens is 2. The second kappa shape index (κ2) is 3.32. The molecule has 0 bridgehead atoms. The zero-order valence-corrected chi connectivity index (χ0v) is 7.93. The topological polar surface area (TPSA) is 64.0 Å². The molecule has 0 radical (unpaired) electrons. The van der Waals surface area contributed by atoms with E-state index in [4.69, 9.17) is 11.6 Å². The lowest BCUT2D eigenvalue weighted by Crippen LogP contribution is -2.15. The van der Waals surface area contributed by atoms with Crippen molar-refractivity contribution < 1.29 is 8.42 Å². The maximum atomic E-state index is 10.9. The number of alkyl halides is 1. The van der Waals surface area contributed by atoms with Crippen molar-refractivity contribution in [2.75, 3.05) is 9.93 Å². The molecule has 1 N–H and O–H groups in total. The molecule has 12 heavy (non-hydrogen) atoms. The molecule has 1 aromatic heterocycles. The van der Waals surface area contributed by atoms with Crippen LogP contribution in [-0.4, -0.2) is 23.4 Å². The standard InChI is InChI=1S/C5H8ClN3O2S/c1-9-5(2-3-7-9)8-12(10,11)4-6/h2-3,8H,4H2,1H3. The summed E-state index contributed by atoms with van der Waals surface area (Å²) in [5, 5.41) is 3.32. The number of sulfonamides is 1. The van der Waals surface area contributed by atoms with Crippen LogP contribution in [0, 0.1) is 0 Å². The van der Waals surface area contributed by atoms with Crippen molar-refractivity contribution in [3.8, 4) is 0 Å². The van der Waals surface area contributed by atoms with Gasteiger partial charge in [0.05, 0.1) is 6.20 Å². The van der Waals surface area contributed by atoms with Crippen LogP contribution in [0.4, 0.5) is 5.82 Å². The maximum absolute atomic E-state index is 10.9. The molecule has 0 spiro atoms. The Morgan fingerprint density at radius 1 is 1.75 bits per heavy atom. The monoisotopic (exact) mass is 209 g/mol. The lowest BCUT2D eigenvalue weighted by Gasteiger charge is -2.03. The van der Waals surface area contributed by atoms with Gasteiger partial charge in [-0.3, -0.25) is 9.40 Å². The Hall–Kier alpha value is -0.750. The highest BCUT2D eigenvalue weighted by molar-refractivity contribution is 7.93. The van der Waals surface area contributed by atoms with Crippen LogP contribution in [0.25, 0.3) is 0 Å². The van der Waals surface area contributed by atoms with E-state index in [1.807, 2.05) is 0 Å². The smallest absolute Gasteiger partial charge is 0.247 e. The molecule has 1 aromatic rings. The van der Waals surface area contributed by atoms with Crippen molar-refractivity contribution in [1.29, 1.82) is 0 Å². The Kier molecular flexibility index (Phi) is 2.58. The lowest BCUT2D eigenvalue weighted by atomic mass is 10.7. The van der Waals surface area contributed by atoms with Gasteiger partial charge in [-0.15, -0.1) is 11.6 Å². The molecule has 1 heterocycles. The molecule has 0 aliphatic carbocycles. The largest absolute Gasteiger partial charge is 0.267 e. The molecule has 0 amide bonds. The van der Waals surface area contributed by atoms with E-state index in [1.54, 1.807) is 13.1 Å². The van der Waals surface area contributed by atoms with Crippen LogP contribution in [0.3, 0.4) is 0 Å². The van der Waals surface area contributed by atoms with Crippen LogP contribution in [-0.2, 0) is 17.1 Å². The number of nitrogens with zero attached hydrogens (tertiary/aromatic N) is 2. The molecule has 0 aromatic carbocycles. The first-order valence-corrected chi connectivity index (χ1v) is 5.28. The van der Waals surface area contributed by atoms with Gasteiger partial charge in [0.1, 0.15) is 11.0 Å². The predicted molar refractivity (Wildman–Crippen MR) is 46.5 cm³/mol. The summed E-state index contributed by atoms with van der Waals surface area (Å²) in [6, 6.07) is 1.55. The van der Waals surface area contributed by atoms with E-state index < -0.39 is 15.2 Å². The van der Waals surface area contributed by atoms with E-state index in [0.717, 1.165) is 0 Å². The molecule has 5 nitrogen and oxygen atoms in total. The van der Waals surface area contributed by atoms with Gasteiger partial charge in [0, 0.05) is 13.1 Å². The van der Waals surface area contributed by atoms with E-state index in [2.05, 4.69) is 9.82 Å². The third-order valence-electron chi connectivity index (χ3n) is 1.22. The average Bonchev–Trinajstić information content (AvgIpc) is 2.36. The van der Waals surface area contributed by atoms with Gasteiger partial charge in [0.25, 0.3) is 0 Å². The second-order valence-corrected chi connectivity index (χ2v) is 4.47. The van der Waals surface area contributed by atoms with Gasteiger partial charge in [0.15, 0.2) is 0 Å². The molecule has 0 unspecified atom stereocenters. The van der Waals surface area contributed by atoms with Crippen LogP contribution in [0.15, 0.2) is 12.3 Å². The summed E-state index contributed by atoms with van der Waals surface area (Å²) >= 11 is 5.18. The summed E-state index contributed by atoms with van der Waals surface area (Å²) in [7, 11) is -1.78. The first kappa shape index (κ1) is 9.34. The molecule has 0 fully saturated rings. The Morgan fingerprint density at radius 2 is 2.42 bits per heavy atom. The molecule has 0 atom stereocenters. The normalized spacial score (nSPS) is 11.5. The zero-order chi connectivity index (χ0) is 9.19. The number of rotatable bonds is 3. The van der Waals surface area contributed by atoms with Gasteiger partial charge < -0.3 is 0 Å². The minimum atomic E-state index is -3.41. The number of halogens is 1. The Morgan fingerprint density at radius 3 is 2.83 bits per heavy atom. The molecule has 0 saturated carbocycles. The lowest BCUT2D eigenvalue weighted by molar-refractivity contribution is 0.604. The highest BCUT2D eigenvalue weighted by Crippen LogP contribution is 2.06. The summed E-state index contributed by atoms with van der Waals surface area (Å²) in [6.07, 6.45) is 1.49. The van der Waals surface area contributed by atoms with E-state index in [1.165, 1.54) is 10.9 Å². The molecule has 0 saturated heterocycles. The zero-order valence-electron chi connectivity index (χ0n) is 6.36. The summed E-state index contributed by atoms with van der Waals surface area (Å²) in [5.74, 6) is 0.399. The first-order chi connectivity index (χ1) is 5.55. The van der Waals surface area contributed by atoms with E-state index in [0.29, 0.717) is 5.82 Å². The molecular formula is C5H8ClN3O2S. The SMILES string of the molecule is Cn1nccc1NS(=O)(=O)CCl. The van der Waals surface area contributed by atoms with Gasteiger partial charge in [-0.1, -0.05) is 0 Å². The summed E-state index contributed by atoms with van der Waals surface area (Å²) in [6.45, 7) is 0. The molecule has 7 heteroatoms. The van der Waals surface area contributed by atoms with Crippen LogP contribution in [0.2, 0.25) is 0 Å². The molecule has 1 rings (SSSR count). The predicted octanol–water partition coefficient (Wildman–Crippen LogP) is 0.358. The molecule has 0 aliphatic rings. The van der Waals surface area contributed by atoms with Gasteiger partial charge in [-0.05, 0) is 0 Å². The fourth-order valence-electron chi connectivity index (χ4n) is 0.661. The summed E-state index contributed by atoms with van der Waals surface area (Å²) in [5.41, 5.74) is 0. The third kappa shape index (κ3) is 2.12. The summed E-state index contributed by atoms with van der Waals surface area (Å²) < 4.78 is 25.5. The Labute approximate surface area is 75.4 Å². The molecular weight excluding hydrogens is 202 g/mol. The van der Waals surface area contributed by atoms with Gasteiger partial charge in [-0.2, -0.15) is 5.10 Å². The van der Waals surface area contributed by atoms with E-state index in [-0.39, 0.29) is 0 Å². The van der Waals surface area contributed by atoms with Crippen molar-refractivity contribution in [3.05, 3.63) is 12.3 Å². The van der Waals surface area contributed by atoms with Crippen LogP contribution >= 0.6 is 11.6 Å². The number of hydrogen-bond acceptors (Lipinski definition) is 3. The quantitative estimate of drug-likeness (QED) is 0.731. The fourth-order valence-corrected chi connectivity index (χ4v) is 1.40. The van der Waals surface area contributed by atoms with Gasteiger partial charge in [-0.25, -0.2) is 8.42 Å². The van der Waals surface area contributed by atoms with Crippen molar-refractivity contribution >= 4 is 27.4 Å². The number of hydrogen-bond donors (Lipinski definition) is 1. The van der Waals surface area contributed by atoms with E-state index >= 15 is 0 Å². The highest BCUT2D eigenvalue weighted by atomic mass is 35.5. The molecule has 0 aliphatic heterocycles. The average molecular weight is 210 g/mol. The fraction of sp³-hybridized carbons (Fsp3) is 0.400. The minimum Gasteiger partial charge on any atom is -0.267 e. The molecule has 68 valence electrons. The van der Waals surface area contributed by atoms with Crippen molar-refractivity contribution in [2.45, 2.75) is 0 Å². The number of nitrogens with one attached hydrogen (secondary N) is 1. The van der Waals surface area contributed by atoms with Crippen molar-refractivity contribution in [1.82, 2.24) is 9.78 Å². The Bertz CT molecular complexity index is 359. The second-order valence-electron chi connectivity index (χ2n) is 2.17. The van der Waals surface area contributed by atoms with Crippen LogP contribution < -0.4 is 4.72 Å². The highest BCUT2D eigenvalue weighted by Gasteiger charge is 2.09. The van der Waals surface area contributed by atoms with Gasteiger partial charge in [0.2, 0.25) is 10.0 Å². The Balaban J connectivity index is 2.84. The van der Waals surface area contributed by atoms with E-state index in [9.17, 15) is 8.42 Å². The van der Waals surface area contributed by atoms with Crippen LogP contribution in [0.5, 0.6) is 0 Å². The first-order valence-electron chi connectivity index (χ1n) is 3.09. The van der Waals surface area contributed by atoms with Crippen molar-refractivity contribution in [2.24, 2.45) is 7.05 Å². The van der Waals surface area contributed by atoms with Gasteiger partial charge >= 0.3 is 0 Å². The minimum absolute atomic E-state index is 0.399. The third-order valence-corrected chi connectivity index (χ3v) is 2.89. The number of aryl methyl sites for hydroxylation is 1. The van der Waals surface area contributed by atoms with Crippen LogP contribution in [0.1, 0.15) is 0 Å². The maximum Gasteiger partial charge on any atom is 0.247 e.